The lowest BCUT2D eigenvalue weighted by atomic mass is 10.0. The average Bonchev–Trinajstić information content (AvgIpc) is 2.37. The van der Waals surface area contributed by atoms with E-state index in [1.54, 1.807) is 0 Å². The molecule has 9 heteroatoms. The van der Waals surface area contributed by atoms with Crippen molar-refractivity contribution in [1.82, 2.24) is 9.84 Å². The molecule has 1 fully saturated rings. The number of hydrogen-bond donors (Lipinski definition) is 2. The van der Waals surface area contributed by atoms with Gasteiger partial charge in [-0.15, -0.1) is 4.41 Å². The van der Waals surface area contributed by atoms with E-state index in [0.29, 0.717) is 12.8 Å². The molecule has 1 aliphatic rings. The van der Waals surface area contributed by atoms with Gasteiger partial charge in [0.1, 0.15) is 0 Å². The molecule has 0 aromatic heterocycles. The number of ether oxygens (including phenoxy) is 1. The molecule has 0 aromatic rings. The van der Waals surface area contributed by atoms with Gasteiger partial charge in [0.25, 0.3) is 10.0 Å². The van der Waals surface area contributed by atoms with Crippen LogP contribution in [0.5, 0.6) is 0 Å². The highest BCUT2D eigenvalue weighted by atomic mass is 32.2. The monoisotopic (exact) mass is 293 g/mol. The van der Waals surface area contributed by atoms with Gasteiger partial charge in [-0.25, -0.2) is 23.4 Å². The summed E-state index contributed by atoms with van der Waals surface area (Å²) < 4.78 is 29.4. The fraction of sp³-hybridized carbons (Fsp3) is 0.800. The van der Waals surface area contributed by atoms with Gasteiger partial charge in [0.05, 0.1) is 11.9 Å². The number of carbonyl (C=O) groups excluding carboxylic acids is 2. The van der Waals surface area contributed by atoms with E-state index in [9.17, 15) is 18.0 Å². The van der Waals surface area contributed by atoms with Gasteiger partial charge in [-0.05, 0) is 19.8 Å². The van der Waals surface area contributed by atoms with Crippen LogP contribution >= 0.6 is 0 Å². The van der Waals surface area contributed by atoms with Crippen molar-refractivity contribution in [2.24, 2.45) is 5.73 Å². The molecule has 0 radical (unpaired) electrons. The van der Waals surface area contributed by atoms with Crippen LogP contribution in [0.3, 0.4) is 0 Å². The van der Waals surface area contributed by atoms with Crippen molar-refractivity contribution >= 4 is 22.1 Å². The second-order valence-corrected chi connectivity index (χ2v) is 6.31. The Balaban J connectivity index is 2.93. The van der Waals surface area contributed by atoms with Crippen molar-refractivity contribution in [1.29, 1.82) is 0 Å². The van der Waals surface area contributed by atoms with Gasteiger partial charge in [0, 0.05) is 0 Å². The van der Waals surface area contributed by atoms with Gasteiger partial charge in [0.15, 0.2) is 0 Å². The average molecular weight is 293 g/mol. The van der Waals surface area contributed by atoms with Crippen LogP contribution in [0, 0.1) is 0 Å². The standard InChI is InChI=1S/C10H19N3O5S/c1-2-18-10(15)13(12-9(11)14)19(16,17)8-6-4-3-5-7-8/h8H,2-7H2,1H3,(H3,11,12,14). The first-order chi connectivity index (χ1) is 8.89. The molecule has 0 bridgehead atoms. The number of nitrogens with two attached hydrogens (primary N) is 1. The molecule has 0 aliphatic heterocycles. The minimum atomic E-state index is -3.99. The van der Waals surface area contributed by atoms with Gasteiger partial charge < -0.3 is 10.5 Å². The van der Waals surface area contributed by atoms with Crippen LogP contribution in [-0.4, -0.2) is 36.8 Å². The third-order valence-electron chi connectivity index (χ3n) is 2.87. The molecular formula is C10H19N3O5S. The first-order valence-electron chi connectivity index (χ1n) is 6.16. The van der Waals surface area contributed by atoms with Crippen LogP contribution in [0.2, 0.25) is 0 Å². The minimum Gasteiger partial charge on any atom is -0.448 e. The number of hydrogen-bond acceptors (Lipinski definition) is 5. The molecule has 1 saturated carbocycles. The van der Waals surface area contributed by atoms with Gasteiger partial charge in [-0.1, -0.05) is 19.3 Å². The first kappa shape index (κ1) is 15.5. The number of primary amides is 1. The molecular weight excluding hydrogens is 274 g/mol. The molecule has 3 N–H and O–H groups in total. The molecule has 0 unspecified atom stereocenters. The van der Waals surface area contributed by atoms with E-state index in [-0.39, 0.29) is 11.0 Å². The quantitative estimate of drug-likeness (QED) is 0.742. The van der Waals surface area contributed by atoms with E-state index >= 15 is 0 Å². The molecule has 110 valence electrons. The zero-order chi connectivity index (χ0) is 14.5. The molecule has 0 spiro atoms. The highest BCUT2D eigenvalue weighted by Crippen LogP contribution is 2.25. The van der Waals surface area contributed by atoms with Crippen LogP contribution < -0.4 is 11.2 Å². The Labute approximate surface area is 112 Å². The number of amides is 3. The third-order valence-corrected chi connectivity index (χ3v) is 4.94. The Kier molecular flexibility index (Phi) is 5.40. The molecule has 8 nitrogen and oxygen atoms in total. The lowest BCUT2D eigenvalue weighted by molar-refractivity contribution is 0.120. The topological polar surface area (TPSA) is 119 Å². The molecule has 1 aliphatic carbocycles. The van der Waals surface area contributed by atoms with Crippen molar-refractivity contribution in [3.05, 3.63) is 0 Å². The molecule has 1 rings (SSSR count). The Morgan fingerprint density at radius 1 is 1.32 bits per heavy atom. The maximum atomic E-state index is 12.3. The number of urea groups is 1. The fourth-order valence-electron chi connectivity index (χ4n) is 2.01. The number of nitrogens with zero attached hydrogens (tertiary/aromatic N) is 1. The summed E-state index contributed by atoms with van der Waals surface area (Å²) in [4.78, 5) is 22.5. The predicted molar refractivity (Wildman–Crippen MR) is 67.4 cm³/mol. The number of nitrogens with one attached hydrogen (secondary N) is 1. The molecule has 0 aromatic carbocycles. The normalized spacial score (nSPS) is 16.7. The Morgan fingerprint density at radius 2 is 1.89 bits per heavy atom. The lowest BCUT2D eigenvalue weighted by Crippen LogP contribution is -2.54. The maximum absolute atomic E-state index is 12.3. The Bertz CT molecular complexity index is 430. The van der Waals surface area contributed by atoms with E-state index in [0.717, 1.165) is 19.3 Å². The van der Waals surface area contributed by atoms with E-state index in [4.69, 9.17) is 5.73 Å². The van der Waals surface area contributed by atoms with Gasteiger partial charge in [-0.3, -0.25) is 0 Å². The summed E-state index contributed by atoms with van der Waals surface area (Å²) >= 11 is 0. The van der Waals surface area contributed by atoms with Crippen molar-refractivity contribution in [2.45, 2.75) is 44.3 Å². The maximum Gasteiger partial charge on any atom is 0.443 e. The molecule has 0 atom stereocenters. The van der Waals surface area contributed by atoms with Gasteiger partial charge >= 0.3 is 12.1 Å². The highest BCUT2D eigenvalue weighted by Gasteiger charge is 2.38. The van der Waals surface area contributed by atoms with Crippen LogP contribution in [0.25, 0.3) is 0 Å². The molecule has 19 heavy (non-hydrogen) atoms. The Hall–Kier alpha value is -1.51. The SMILES string of the molecule is CCOC(=O)N(NC(N)=O)S(=O)(=O)C1CCCCC1. The summed E-state index contributed by atoms with van der Waals surface area (Å²) in [5.41, 5.74) is 6.70. The smallest absolute Gasteiger partial charge is 0.443 e. The molecule has 0 saturated heterocycles. The van der Waals surface area contributed by atoms with Crippen molar-refractivity contribution in [3.8, 4) is 0 Å². The molecule has 0 heterocycles. The van der Waals surface area contributed by atoms with E-state index < -0.39 is 27.4 Å². The summed E-state index contributed by atoms with van der Waals surface area (Å²) in [6, 6.07) is -1.13. The molecule has 3 amide bonds. The summed E-state index contributed by atoms with van der Waals surface area (Å²) in [6.07, 6.45) is 2.28. The van der Waals surface area contributed by atoms with Gasteiger partial charge in [0.2, 0.25) is 0 Å². The van der Waals surface area contributed by atoms with Crippen molar-refractivity contribution < 1.29 is 22.7 Å². The summed E-state index contributed by atoms with van der Waals surface area (Å²) in [5, 5.41) is -0.697. The first-order valence-corrected chi connectivity index (χ1v) is 7.67. The number of sulfonamides is 1. The largest absolute Gasteiger partial charge is 0.448 e. The number of carbonyl (C=O) groups is 2. The predicted octanol–water partition coefficient (Wildman–Crippen LogP) is 0.691. The van der Waals surface area contributed by atoms with Gasteiger partial charge in [-0.2, -0.15) is 0 Å². The second kappa shape index (κ2) is 6.60. The van der Waals surface area contributed by atoms with E-state index in [2.05, 4.69) is 4.74 Å². The second-order valence-electron chi connectivity index (χ2n) is 4.24. The van der Waals surface area contributed by atoms with Crippen LogP contribution in [0.1, 0.15) is 39.0 Å². The Morgan fingerprint density at radius 3 is 2.37 bits per heavy atom. The fourth-order valence-corrected chi connectivity index (χ4v) is 3.71. The van der Waals surface area contributed by atoms with E-state index in [1.807, 2.05) is 5.43 Å². The van der Waals surface area contributed by atoms with Crippen LogP contribution in [0.15, 0.2) is 0 Å². The third kappa shape index (κ3) is 3.98. The summed E-state index contributed by atoms with van der Waals surface area (Å²) in [7, 11) is -3.99. The van der Waals surface area contributed by atoms with E-state index in [1.165, 1.54) is 6.92 Å². The van der Waals surface area contributed by atoms with Crippen LogP contribution in [-0.2, 0) is 14.8 Å². The number of hydrazine groups is 1. The lowest BCUT2D eigenvalue weighted by Gasteiger charge is -2.28. The number of rotatable bonds is 3. The highest BCUT2D eigenvalue weighted by molar-refractivity contribution is 7.90. The minimum absolute atomic E-state index is 0.00401. The zero-order valence-corrected chi connectivity index (χ0v) is 11.6. The summed E-state index contributed by atoms with van der Waals surface area (Å²) in [5.74, 6) is 0. The van der Waals surface area contributed by atoms with Crippen molar-refractivity contribution in [3.63, 3.8) is 0 Å². The van der Waals surface area contributed by atoms with Crippen molar-refractivity contribution in [2.75, 3.05) is 6.61 Å². The van der Waals surface area contributed by atoms with Crippen LogP contribution in [0.4, 0.5) is 9.59 Å². The zero-order valence-electron chi connectivity index (χ0n) is 10.8. The summed E-state index contributed by atoms with van der Waals surface area (Å²) in [6.45, 7) is 1.53.